The highest BCUT2D eigenvalue weighted by Crippen LogP contribution is 2.15. The third kappa shape index (κ3) is 1.78. The molecule has 0 amide bonds. The van der Waals surface area contributed by atoms with Gasteiger partial charge < -0.3 is 5.73 Å². The Bertz CT molecular complexity index is 747. The summed E-state index contributed by atoms with van der Waals surface area (Å²) in [6, 6.07) is 9.28. The molecule has 5 heteroatoms. The summed E-state index contributed by atoms with van der Waals surface area (Å²) in [5.74, 6) is 0.467. The molecule has 0 aliphatic carbocycles. The van der Waals surface area contributed by atoms with Crippen LogP contribution in [0.15, 0.2) is 46.7 Å². The molecular formula is C13H11N3OS. The van der Waals surface area contributed by atoms with E-state index in [0.29, 0.717) is 17.7 Å². The Morgan fingerprint density at radius 1 is 1.33 bits per heavy atom. The van der Waals surface area contributed by atoms with Crippen molar-refractivity contribution in [3.05, 3.63) is 57.3 Å². The highest BCUT2D eigenvalue weighted by Gasteiger charge is 2.08. The maximum absolute atomic E-state index is 12.3. The number of rotatable bonds is 2. The topological polar surface area (TPSA) is 60.9 Å². The van der Waals surface area contributed by atoms with Crippen molar-refractivity contribution in [3.8, 4) is 0 Å². The van der Waals surface area contributed by atoms with E-state index >= 15 is 0 Å². The van der Waals surface area contributed by atoms with Gasteiger partial charge in [-0.15, -0.1) is 11.3 Å². The van der Waals surface area contributed by atoms with Crippen molar-refractivity contribution in [2.24, 2.45) is 0 Å². The van der Waals surface area contributed by atoms with Crippen molar-refractivity contribution >= 4 is 27.9 Å². The zero-order valence-electron chi connectivity index (χ0n) is 9.54. The summed E-state index contributed by atoms with van der Waals surface area (Å²) >= 11 is 1.51. The molecule has 0 aliphatic heterocycles. The van der Waals surface area contributed by atoms with Gasteiger partial charge >= 0.3 is 0 Å². The Morgan fingerprint density at radius 3 is 2.94 bits per heavy atom. The first-order valence-corrected chi connectivity index (χ1v) is 6.40. The predicted octanol–water partition coefficient (Wildman–Crippen LogP) is 2.09. The third-order valence-electron chi connectivity index (χ3n) is 2.83. The van der Waals surface area contributed by atoms with E-state index in [2.05, 4.69) is 4.98 Å². The largest absolute Gasteiger partial charge is 0.385 e. The van der Waals surface area contributed by atoms with Crippen LogP contribution in [-0.4, -0.2) is 9.55 Å². The first-order valence-electron chi connectivity index (χ1n) is 5.52. The fourth-order valence-electron chi connectivity index (χ4n) is 1.95. The van der Waals surface area contributed by atoms with Crippen molar-refractivity contribution in [2.75, 3.05) is 5.73 Å². The van der Waals surface area contributed by atoms with Gasteiger partial charge in [0.05, 0.1) is 6.54 Å². The van der Waals surface area contributed by atoms with E-state index in [4.69, 9.17) is 5.73 Å². The number of nitrogens with two attached hydrogens (primary N) is 1. The van der Waals surface area contributed by atoms with Gasteiger partial charge in [-0.1, -0.05) is 18.2 Å². The molecule has 0 saturated carbocycles. The molecule has 0 unspecified atom stereocenters. The Labute approximate surface area is 107 Å². The van der Waals surface area contributed by atoms with E-state index in [1.165, 1.54) is 11.3 Å². The first-order chi connectivity index (χ1) is 8.75. The highest BCUT2D eigenvalue weighted by molar-refractivity contribution is 7.09. The summed E-state index contributed by atoms with van der Waals surface area (Å²) < 4.78 is 1.56. The molecular weight excluding hydrogens is 246 g/mol. The standard InChI is InChI=1S/C13H11N3OS/c14-11-7-9-3-1-2-4-10(9)13(17)16(11)8-12-15-5-6-18-12/h1-7H,8,14H2. The second kappa shape index (κ2) is 4.27. The lowest BCUT2D eigenvalue weighted by Crippen LogP contribution is -2.23. The number of hydrogen-bond donors (Lipinski definition) is 1. The Hall–Kier alpha value is -2.14. The van der Waals surface area contributed by atoms with Crippen LogP contribution in [-0.2, 0) is 6.54 Å². The fraction of sp³-hybridized carbons (Fsp3) is 0.0769. The number of benzene rings is 1. The number of pyridine rings is 1. The second-order valence-electron chi connectivity index (χ2n) is 3.97. The number of aromatic nitrogens is 2. The van der Waals surface area contributed by atoms with Crippen molar-refractivity contribution in [1.29, 1.82) is 0 Å². The minimum absolute atomic E-state index is 0.0687. The number of thiazole rings is 1. The van der Waals surface area contributed by atoms with Crippen LogP contribution in [0.2, 0.25) is 0 Å². The molecule has 0 aliphatic rings. The molecule has 0 fully saturated rings. The van der Waals surface area contributed by atoms with Crippen molar-refractivity contribution in [3.63, 3.8) is 0 Å². The third-order valence-corrected chi connectivity index (χ3v) is 3.59. The number of anilines is 1. The summed E-state index contributed by atoms with van der Waals surface area (Å²) in [7, 11) is 0. The molecule has 18 heavy (non-hydrogen) atoms. The van der Waals surface area contributed by atoms with Gasteiger partial charge in [0.25, 0.3) is 5.56 Å². The number of nitrogens with zero attached hydrogens (tertiary/aromatic N) is 2. The van der Waals surface area contributed by atoms with Crippen LogP contribution in [0.3, 0.4) is 0 Å². The minimum Gasteiger partial charge on any atom is -0.385 e. The fourth-order valence-corrected chi connectivity index (χ4v) is 2.55. The Kier molecular flexibility index (Phi) is 2.60. The molecule has 3 rings (SSSR count). The lowest BCUT2D eigenvalue weighted by atomic mass is 10.1. The smallest absolute Gasteiger partial charge is 0.260 e. The molecule has 0 saturated heterocycles. The van der Waals surface area contributed by atoms with Gasteiger partial charge in [0, 0.05) is 17.0 Å². The van der Waals surface area contributed by atoms with E-state index < -0.39 is 0 Å². The van der Waals surface area contributed by atoms with E-state index in [9.17, 15) is 4.79 Å². The molecule has 2 heterocycles. The summed E-state index contributed by atoms with van der Waals surface area (Å²) in [6.07, 6.45) is 1.72. The summed E-state index contributed by atoms with van der Waals surface area (Å²) in [5.41, 5.74) is 5.88. The summed E-state index contributed by atoms with van der Waals surface area (Å²) in [6.45, 7) is 0.424. The number of fused-ring (bicyclic) bond motifs is 1. The lowest BCUT2D eigenvalue weighted by Gasteiger charge is -2.09. The molecule has 0 spiro atoms. The van der Waals surface area contributed by atoms with Gasteiger partial charge in [-0.05, 0) is 17.5 Å². The van der Waals surface area contributed by atoms with Crippen molar-refractivity contribution in [2.45, 2.75) is 6.54 Å². The lowest BCUT2D eigenvalue weighted by molar-refractivity contribution is 0.774. The average molecular weight is 257 g/mol. The number of hydrogen-bond acceptors (Lipinski definition) is 4. The van der Waals surface area contributed by atoms with Gasteiger partial charge in [-0.3, -0.25) is 9.36 Å². The quantitative estimate of drug-likeness (QED) is 0.764. The second-order valence-corrected chi connectivity index (χ2v) is 4.95. The molecule has 3 aromatic rings. The zero-order chi connectivity index (χ0) is 12.5. The minimum atomic E-state index is -0.0687. The van der Waals surface area contributed by atoms with E-state index in [1.807, 2.05) is 35.7 Å². The number of nitrogen functional groups attached to an aromatic ring is 1. The van der Waals surface area contributed by atoms with Crippen LogP contribution >= 0.6 is 11.3 Å². The molecule has 0 bridgehead atoms. The van der Waals surface area contributed by atoms with E-state index in [-0.39, 0.29) is 5.56 Å². The molecule has 2 N–H and O–H groups in total. The first kappa shape index (κ1) is 11.0. The van der Waals surface area contributed by atoms with Crippen LogP contribution < -0.4 is 11.3 Å². The SMILES string of the molecule is Nc1cc2ccccc2c(=O)n1Cc1nccs1. The normalized spacial score (nSPS) is 10.9. The molecule has 1 aromatic carbocycles. The Balaban J connectivity index is 2.20. The van der Waals surface area contributed by atoms with Gasteiger partial charge in [0.15, 0.2) is 0 Å². The summed E-state index contributed by atoms with van der Waals surface area (Å²) in [5, 5.41) is 4.31. The Morgan fingerprint density at radius 2 is 2.17 bits per heavy atom. The van der Waals surface area contributed by atoms with Gasteiger partial charge in [-0.25, -0.2) is 4.98 Å². The van der Waals surface area contributed by atoms with Gasteiger partial charge in [0.2, 0.25) is 0 Å². The highest BCUT2D eigenvalue weighted by atomic mass is 32.1. The van der Waals surface area contributed by atoms with Crippen molar-refractivity contribution in [1.82, 2.24) is 9.55 Å². The van der Waals surface area contributed by atoms with E-state index in [1.54, 1.807) is 10.8 Å². The predicted molar refractivity (Wildman–Crippen MR) is 73.8 cm³/mol. The summed E-state index contributed by atoms with van der Waals surface area (Å²) in [4.78, 5) is 16.5. The molecule has 0 atom stereocenters. The zero-order valence-corrected chi connectivity index (χ0v) is 10.4. The van der Waals surface area contributed by atoms with Gasteiger partial charge in [-0.2, -0.15) is 0 Å². The maximum atomic E-state index is 12.3. The maximum Gasteiger partial charge on any atom is 0.260 e. The molecule has 4 nitrogen and oxygen atoms in total. The van der Waals surface area contributed by atoms with Gasteiger partial charge in [0.1, 0.15) is 10.8 Å². The monoisotopic (exact) mass is 257 g/mol. The average Bonchev–Trinajstić information content (AvgIpc) is 2.87. The molecule has 0 radical (unpaired) electrons. The van der Waals surface area contributed by atoms with Crippen LogP contribution in [0.4, 0.5) is 5.82 Å². The molecule has 2 aromatic heterocycles. The van der Waals surface area contributed by atoms with E-state index in [0.717, 1.165) is 10.4 Å². The molecule has 90 valence electrons. The van der Waals surface area contributed by atoms with Crippen molar-refractivity contribution < 1.29 is 0 Å². The van der Waals surface area contributed by atoms with Crippen LogP contribution in [0, 0.1) is 0 Å². The van der Waals surface area contributed by atoms with Crippen LogP contribution in [0.5, 0.6) is 0 Å². The van der Waals surface area contributed by atoms with Crippen LogP contribution in [0.25, 0.3) is 10.8 Å². The van der Waals surface area contributed by atoms with Crippen LogP contribution in [0.1, 0.15) is 5.01 Å².